The second-order valence-corrected chi connectivity index (χ2v) is 5.38. The topological polar surface area (TPSA) is 26.9 Å². The van der Waals surface area contributed by atoms with Crippen LogP contribution in [-0.4, -0.2) is 0 Å². The highest BCUT2D eigenvalue weighted by Gasteiger charge is 2.19. The van der Waals surface area contributed by atoms with Gasteiger partial charge >= 0.3 is 5.15 Å². The van der Waals surface area contributed by atoms with Crippen LogP contribution in [0, 0.1) is 5.21 Å². The van der Waals surface area contributed by atoms with E-state index in [0.29, 0.717) is 9.63 Å². The van der Waals surface area contributed by atoms with Gasteiger partial charge in [0.2, 0.25) is 6.20 Å². The molecule has 0 unspecified atom stereocenters. The Morgan fingerprint density at radius 2 is 1.71 bits per heavy atom. The summed E-state index contributed by atoms with van der Waals surface area (Å²) in [5.74, 6) is 0. The Hall–Kier alpha value is -0.610. The summed E-state index contributed by atoms with van der Waals surface area (Å²) in [5.41, 5.74) is 0. The van der Waals surface area contributed by atoms with E-state index in [1.165, 1.54) is 18.0 Å². The highest BCUT2D eigenvalue weighted by molar-refractivity contribution is 7.99. The van der Waals surface area contributed by atoms with E-state index in [2.05, 4.69) is 0 Å². The number of pyridine rings is 1. The molecule has 2 rings (SSSR count). The largest absolute Gasteiger partial charge is 0.618 e. The molecule has 6 heteroatoms. The molecule has 0 aliphatic heterocycles. The summed E-state index contributed by atoms with van der Waals surface area (Å²) in [6.07, 6.45) is 1.20. The van der Waals surface area contributed by atoms with E-state index >= 15 is 0 Å². The smallest absolute Gasteiger partial charge is 0.306 e. The molecule has 0 N–H and O–H groups in total. The molecule has 2 aromatic rings. The minimum Gasteiger partial charge on any atom is -0.618 e. The highest BCUT2D eigenvalue weighted by atomic mass is 35.5. The Morgan fingerprint density at radius 3 is 2.35 bits per heavy atom. The molecule has 17 heavy (non-hydrogen) atoms. The normalized spacial score (nSPS) is 10.5. The molecule has 2 nitrogen and oxygen atoms in total. The first-order chi connectivity index (χ1) is 8.09. The molecule has 88 valence electrons. The molecule has 0 saturated heterocycles. The number of hydrogen-bond acceptors (Lipinski definition) is 2. The van der Waals surface area contributed by atoms with Crippen LogP contribution in [0.15, 0.2) is 46.3 Å². The fraction of sp³-hybridized carbons (Fsp3) is 0. The molecule has 1 aromatic heterocycles. The highest BCUT2D eigenvalue weighted by Crippen LogP contribution is 2.39. The Balaban J connectivity index is 2.43. The van der Waals surface area contributed by atoms with Gasteiger partial charge in [-0.3, -0.25) is 0 Å². The molecule has 1 aromatic carbocycles. The van der Waals surface area contributed by atoms with Gasteiger partial charge in [0.1, 0.15) is 10.0 Å². The van der Waals surface area contributed by atoms with Crippen LogP contribution in [0.25, 0.3) is 0 Å². The monoisotopic (exact) mass is 305 g/mol. The Morgan fingerprint density at radius 1 is 1.06 bits per heavy atom. The molecule has 1 heterocycles. The van der Waals surface area contributed by atoms with Gasteiger partial charge in [-0.05, 0) is 23.7 Å². The Bertz CT molecular complexity index is 548. The van der Waals surface area contributed by atoms with Crippen molar-refractivity contribution in [2.45, 2.75) is 9.79 Å². The number of nitrogens with zero attached hydrogens (tertiary/aromatic N) is 1. The minimum atomic E-state index is -0.0745. The lowest BCUT2D eigenvalue weighted by Crippen LogP contribution is -2.27. The van der Waals surface area contributed by atoms with Gasteiger partial charge in [0.25, 0.3) is 0 Å². The van der Waals surface area contributed by atoms with E-state index in [1.807, 2.05) is 30.3 Å². The average Bonchev–Trinajstić information content (AvgIpc) is 2.33. The van der Waals surface area contributed by atoms with Crippen LogP contribution < -0.4 is 4.73 Å². The maximum absolute atomic E-state index is 11.3. The van der Waals surface area contributed by atoms with Crippen molar-refractivity contribution >= 4 is 46.6 Å². The van der Waals surface area contributed by atoms with Crippen molar-refractivity contribution < 1.29 is 4.73 Å². The second-order valence-electron chi connectivity index (χ2n) is 3.15. The van der Waals surface area contributed by atoms with E-state index in [4.69, 9.17) is 34.8 Å². The van der Waals surface area contributed by atoms with Gasteiger partial charge in [-0.2, -0.15) is 4.73 Å². The molecular weight excluding hydrogens is 301 g/mol. The molecule has 0 aliphatic rings. The summed E-state index contributed by atoms with van der Waals surface area (Å²) in [4.78, 5) is 1.55. The van der Waals surface area contributed by atoms with Crippen LogP contribution in [0.5, 0.6) is 0 Å². The average molecular weight is 307 g/mol. The summed E-state index contributed by atoms with van der Waals surface area (Å²) in [6.45, 7) is 0. The van der Waals surface area contributed by atoms with Crippen molar-refractivity contribution in [3.8, 4) is 0 Å². The number of rotatable bonds is 2. The van der Waals surface area contributed by atoms with Crippen molar-refractivity contribution in [1.29, 1.82) is 0 Å². The van der Waals surface area contributed by atoms with Crippen molar-refractivity contribution in [2.75, 3.05) is 0 Å². The quantitative estimate of drug-likeness (QED) is 0.466. The molecule has 0 bridgehead atoms. The molecule has 0 radical (unpaired) electrons. The number of halogens is 3. The zero-order chi connectivity index (χ0) is 12.4. The second kappa shape index (κ2) is 5.36. The van der Waals surface area contributed by atoms with Crippen LogP contribution in [-0.2, 0) is 0 Å². The van der Waals surface area contributed by atoms with Gasteiger partial charge in [-0.15, -0.1) is 0 Å². The summed E-state index contributed by atoms with van der Waals surface area (Å²) < 4.78 is 0.446. The molecule has 0 atom stereocenters. The number of hydrogen-bond donors (Lipinski definition) is 0. The van der Waals surface area contributed by atoms with Crippen LogP contribution in [0.2, 0.25) is 15.2 Å². The van der Waals surface area contributed by atoms with Crippen LogP contribution >= 0.6 is 46.6 Å². The standard InChI is InChI=1S/C11H6Cl3NOS/c12-8-6-15(16)11(14)9(13)10(8)17-7-4-2-1-3-5-7/h1-6H. The van der Waals surface area contributed by atoms with Crippen molar-refractivity contribution in [1.82, 2.24) is 0 Å². The molecule has 0 fully saturated rings. The third-order valence-corrected chi connectivity index (χ3v) is 4.45. The summed E-state index contributed by atoms with van der Waals surface area (Å²) in [5, 5.41) is 11.6. The molecule has 0 spiro atoms. The summed E-state index contributed by atoms with van der Waals surface area (Å²) in [6, 6.07) is 9.56. The molecule has 0 saturated carbocycles. The zero-order valence-corrected chi connectivity index (χ0v) is 11.4. The van der Waals surface area contributed by atoms with Crippen LogP contribution in [0.4, 0.5) is 0 Å². The van der Waals surface area contributed by atoms with E-state index in [9.17, 15) is 5.21 Å². The minimum absolute atomic E-state index is 0.0745. The first-order valence-corrected chi connectivity index (χ1v) is 6.54. The van der Waals surface area contributed by atoms with E-state index in [0.717, 1.165) is 4.90 Å². The maximum Gasteiger partial charge on any atom is 0.306 e. The maximum atomic E-state index is 11.3. The van der Waals surface area contributed by atoms with E-state index in [1.54, 1.807) is 0 Å². The first-order valence-electron chi connectivity index (χ1n) is 4.59. The predicted octanol–water partition coefficient (Wildman–Crippen LogP) is 4.43. The van der Waals surface area contributed by atoms with Gasteiger partial charge in [-0.25, -0.2) is 0 Å². The lowest BCUT2D eigenvalue weighted by atomic mass is 10.4. The van der Waals surface area contributed by atoms with Crippen LogP contribution in [0.1, 0.15) is 0 Å². The lowest BCUT2D eigenvalue weighted by molar-refractivity contribution is -0.603. The number of benzene rings is 1. The first kappa shape index (κ1) is 12.8. The SMILES string of the molecule is [O-][n+]1cc(Cl)c(Sc2ccccc2)c(Cl)c1Cl. The fourth-order valence-electron chi connectivity index (χ4n) is 1.21. The van der Waals surface area contributed by atoms with Gasteiger partial charge in [0.05, 0.1) is 4.90 Å². The lowest BCUT2D eigenvalue weighted by Gasteiger charge is -2.08. The summed E-state index contributed by atoms with van der Waals surface area (Å²) >= 11 is 19.1. The van der Waals surface area contributed by atoms with Gasteiger partial charge < -0.3 is 5.21 Å². The van der Waals surface area contributed by atoms with Gasteiger partial charge in [0, 0.05) is 4.90 Å². The Kier molecular flexibility index (Phi) is 4.05. The fourth-order valence-corrected chi connectivity index (χ4v) is 2.93. The van der Waals surface area contributed by atoms with Crippen molar-refractivity contribution in [2.24, 2.45) is 0 Å². The van der Waals surface area contributed by atoms with Crippen LogP contribution in [0.3, 0.4) is 0 Å². The number of aromatic nitrogens is 1. The van der Waals surface area contributed by atoms with Crippen molar-refractivity contribution in [3.63, 3.8) is 0 Å². The van der Waals surface area contributed by atoms with Gasteiger partial charge in [0.15, 0.2) is 0 Å². The zero-order valence-electron chi connectivity index (χ0n) is 8.36. The molecule has 0 aliphatic carbocycles. The van der Waals surface area contributed by atoms with Gasteiger partial charge in [-0.1, -0.05) is 53.2 Å². The third kappa shape index (κ3) is 2.80. The van der Waals surface area contributed by atoms with Crippen molar-refractivity contribution in [3.05, 3.63) is 56.9 Å². The molecular formula is C11H6Cl3NOS. The van der Waals surface area contributed by atoms with E-state index < -0.39 is 0 Å². The third-order valence-electron chi connectivity index (χ3n) is 1.98. The predicted molar refractivity (Wildman–Crippen MR) is 71.0 cm³/mol. The van der Waals surface area contributed by atoms with E-state index in [-0.39, 0.29) is 15.2 Å². The summed E-state index contributed by atoms with van der Waals surface area (Å²) in [7, 11) is 0. The Labute approximate surface area is 118 Å². The molecule has 0 amide bonds.